The fourth-order valence-electron chi connectivity index (χ4n) is 6.52. The van der Waals surface area contributed by atoms with E-state index in [1.807, 2.05) is 6.92 Å². The molecule has 2 aliphatic carbocycles. The van der Waals surface area contributed by atoms with Crippen LogP contribution in [-0.4, -0.2) is 22.0 Å². The van der Waals surface area contributed by atoms with Crippen molar-refractivity contribution in [2.24, 2.45) is 28.6 Å². The predicted octanol–water partition coefficient (Wildman–Crippen LogP) is 8.55. The number of Topliss-reactive ketones (excluding diaryl/α,β-unsaturated/α-hetero) is 1. The van der Waals surface area contributed by atoms with Gasteiger partial charge in [0.1, 0.15) is 12.2 Å². The average Bonchev–Trinajstić information content (AvgIpc) is 2.74. The maximum Gasteiger partial charge on any atom is 0.310 e. The SMILES string of the molecule is CCCC(C)CC1CCC(C2(C)C=CC(C)=CC(C)(P)C=C2)CCCCC(C)(C(=O)CC(=O)O)C1. The third-order valence-electron chi connectivity index (χ3n) is 8.62. The molecule has 0 amide bonds. The highest BCUT2D eigenvalue weighted by atomic mass is 31.0. The number of ketones is 1. The van der Waals surface area contributed by atoms with Gasteiger partial charge in [0.15, 0.2) is 0 Å². The Kier molecular flexibility index (Phi) is 11.0. The maximum atomic E-state index is 13.1. The first-order chi connectivity index (χ1) is 16.3. The fourth-order valence-corrected chi connectivity index (χ4v) is 6.88. The van der Waals surface area contributed by atoms with Crippen molar-refractivity contribution in [3.05, 3.63) is 36.0 Å². The van der Waals surface area contributed by atoms with E-state index in [4.69, 9.17) is 0 Å². The number of hydrogen-bond acceptors (Lipinski definition) is 2. The number of carboxylic acid groups (broad SMARTS) is 1. The zero-order chi connectivity index (χ0) is 26.3. The summed E-state index contributed by atoms with van der Waals surface area (Å²) in [5.41, 5.74) is 0.792. The van der Waals surface area contributed by atoms with E-state index in [-0.39, 0.29) is 22.8 Å². The molecule has 0 aromatic rings. The van der Waals surface area contributed by atoms with Gasteiger partial charge in [0, 0.05) is 16.0 Å². The first kappa shape index (κ1) is 30.0. The molecule has 0 aromatic carbocycles. The summed E-state index contributed by atoms with van der Waals surface area (Å²) in [6, 6.07) is 0. The monoisotopic (exact) mass is 502 g/mol. The lowest BCUT2D eigenvalue weighted by atomic mass is 9.65. The highest BCUT2D eigenvalue weighted by Crippen LogP contribution is 2.45. The van der Waals surface area contributed by atoms with Crippen molar-refractivity contribution in [3.8, 4) is 0 Å². The third-order valence-corrected chi connectivity index (χ3v) is 8.98. The lowest BCUT2D eigenvalue weighted by Gasteiger charge is -2.39. The van der Waals surface area contributed by atoms with Crippen LogP contribution < -0.4 is 0 Å². The topological polar surface area (TPSA) is 54.4 Å². The Balaban J connectivity index is 2.31. The smallest absolute Gasteiger partial charge is 0.310 e. The van der Waals surface area contributed by atoms with Crippen LogP contribution in [0, 0.1) is 28.6 Å². The standard InChI is InChI=1S/C31H51O3P/c1-7-10-23(2)19-25-12-13-26(29(4)16-14-24(3)21-31(6,35)18-17-29)11-8-9-15-30(5,22-25)27(32)20-28(33)34/h14,16-18,21,23,25-26H,7-13,15,19-20,22,35H2,1-6H3,(H,33,34). The minimum atomic E-state index is -0.995. The van der Waals surface area contributed by atoms with Gasteiger partial charge < -0.3 is 5.11 Å². The van der Waals surface area contributed by atoms with Gasteiger partial charge in [0.2, 0.25) is 0 Å². The fraction of sp³-hybridized carbons (Fsp3) is 0.742. The second-order valence-electron chi connectivity index (χ2n) is 12.6. The molecule has 1 fully saturated rings. The number of rotatable bonds is 8. The average molecular weight is 503 g/mol. The summed E-state index contributed by atoms with van der Waals surface area (Å²) in [6.07, 6.45) is 22.1. The molecule has 7 unspecified atom stereocenters. The van der Waals surface area contributed by atoms with Crippen LogP contribution in [0.4, 0.5) is 0 Å². The number of hydrogen-bond donors (Lipinski definition) is 1. The molecule has 198 valence electrons. The lowest BCUT2D eigenvalue weighted by molar-refractivity contribution is -0.143. The lowest BCUT2D eigenvalue weighted by Crippen LogP contribution is -2.34. The van der Waals surface area contributed by atoms with Crippen molar-refractivity contribution in [3.63, 3.8) is 0 Å². The van der Waals surface area contributed by atoms with Crippen LogP contribution >= 0.6 is 9.24 Å². The van der Waals surface area contributed by atoms with Crippen molar-refractivity contribution in [1.29, 1.82) is 0 Å². The van der Waals surface area contributed by atoms with Crippen LogP contribution in [0.25, 0.3) is 0 Å². The van der Waals surface area contributed by atoms with Gasteiger partial charge in [0.05, 0.1) is 0 Å². The molecule has 0 spiro atoms. The van der Waals surface area contributed by atoms with Crippen LogP contribution in [-0.2, 0) is 9.59 Å². The van der Waals surface area contributed by atoms with Crippen molar-refractivity contribution in [2.45, 2.75) is 117 Å². The Morgan fingerprint density at radius 2 is 1.83 bits per heavy atom. The Labute approximate surface area is 217 Å². The molecular weight excluding hydrogens is 451 g/mol. The molecule has 0 aromatic heterocycles. The molecule has 2 aliphatic rings. The van der Waals surface area contributed by atoms with E-state index in [1.54, 1.807) is 0 Å². The van der Waals surface area contributed by atoms with Gasteiger partial charge in [-0.2, -0.15) is 0 Å². The van der Waals surface area contributed by atoms with Crippen LogP contribution in [0.1, 0.15) is 112 Å². The molecule has 0 aliphatic heterocycles. The molecule has 35 heavy (non-hydrogen) atoms. The quantitative estimate of drug-likeness (QED) is 0.205. The van der Waals surface area contributed by atoms with E-state index in [0.29, 0.717) is 17.8 Å². The Hall–Kier alpha value is -1.21. The molecule has 4 heteroatoms. The zero-order valence-corrected chi connectivity index (χ0v) is 24.4. The second-order valence-corrected chi connectivity index (χ2v) is 13.8. The summed E-state index contributed by atoms with van der Waals surface area (Å²) >= 11 is 0. The van der Waals surface area contributed by atoms with Gasteiger partial charge in [-0.15, -0.1) is 9.24 Å². The number of allylic oxidation sites excluding steroid dienone is 6. The highest BCUT2D eigenvalue weighted by molar-refractivity contribution is 7.19. The minimum absolute atomic E-state index is 0.00849. The Morgan fingerprint density at radius 1 is 1.11 bits per heavy atom. The van der Waals surface area contributed by atoms with Crippen LogP contribution in [0.3, 0.4) is 0 Å². The molecule has 7 atom stereocenters. The van der Waals surface area contributed by atoms with Crippen molar-refractivity contribution in [2.75, 3.05) is 0 Å². The van der Waals surface area contributed by atoms with Crippen LogP contribution in [0.5, 0.6) is 0 Å². The third kappa shape index (κ3) is 9.31. The van der Waals surface area contributed by atoms with Crippen molar-refractivity contribution in [1.82, 2.24) is 0 Å². The molecule has 1 saturated carbocycles. The Bertz CT molecular complexity index is 823. The molecule has 0 radical (unpaired) electrons. The molecule has 1 N–H and O–H groups in total. The van der Waals surface area contributed by atoms with Gasteiger partial charge in [-0.3, -0.25) is 9.59 Å². The minimum Gasteiger partial charge on any atom is -0.481 e. The van der Waals surface area contributed by atoms with Gasteiger partial charge >= 0.3 is 5.97 Å². The summed E-state index contributed by atoms with van der Waals surface area (Å²) in [4.78, 5) is 24.4. The summed E-state index contributed by atoms with van der Waals surface area (Å²) < 4.78 is 0. The summed E-state index contributed by atoms with van der Waals surface area (Å²) in [7, 11) is 2.98. The summed E-state index contributed by atoms with van der Waals surface area (Å²) in [5, 5.41) is 9.27. The van der Waals surface area contributed by atoms with E-state index >= 15 is 0 Å². The number of carboxylic acids is 1. The predicted molar refractivity (Wildman–Crippen MR) is 152 cm³/mol. The van der Waals surface area contributed by atoms with Gasteiger partial charge in [0.25, 0.3) is 0 Å². The van der Waals surface area contributed by atoms with Crippen molar-refractivity contribution < 1.29 is 14.7 Å². The zero-order valence-electron chi connectivity index (χ0n) is 23.2. The van der Waals surface area contributed by atoms with E-state index in [2.05, 4.69) is 74.2 Å². The number of carbonyl (C=O) groups is 2. The summed E-state index contributed by atoms with van der Waals surface area (Å²) in [6.45, 7) is 13.4. The van der Waals surface area contributed by atoms with E-state index < -0.39 is 11.4 Å². The summed E-state index contributed by atoms with van der Waals surface area (Å²) in [5.74, 6) is 0.580. The first-order valence-corrected chi connectivity index (χ1v) is 14.5. The highest BCUT2D eigenvalue weighted by Gasteiger charge is 2.38. The van der Waals surface area contributed by atoms with E-state index in [1.165, 1.54) is 18.4 Å². The molecule has 0 saturated heterocycles. The number of carbonyl (C=O) groups excluding carboxylic acids is 1. The maximum absolute atomic E-state index is 13.1. The van der Waals surface area contributed by atoms with Gasteiger partial charge in [-0.05, 0) is 63.7 Å². The molecule has 3 nitrogen and oxygen atoms in total. The van der Waals surface area contributed by atoms with Crippen LogP contribution in [0.2, 0.25) is 0 Å². The van der Waals surface area contributed by atoms with E-state index in [0.717, 1.165) is 51.4 Å². The van der Waals surface area contributed by atoms with Crippen LogP contribution in [0.15, 0.2) is 36.0 Å². The number of aliphatic carboxylic acids is 1. The molecular formula is C31H51O3P. The Morgan fingerprint density at radius 3 is 2.49 bits per heavy atom. The normalized spacial score (nSPS) is 35.5. The molecule has 0 bridgehead atoms. The largest absolute Gasteiger partial charge is 0.481 e. The molecule has 2 rings (SSSR count). The van der Waals surface area contributed by atoms with E-state index in [9.17, 15) is 14.7 Å². The van der Waals surface area contributed by atoms with Gasteiger partial charge in [-0.1, -0.05) is 95.8 Å². The molecule has 0 heterocycles. The van der Waals surface area contributed by atoms with Gasteiger partial charge in [-0.25, -0.2) is 0 Å². The van der Waals surface area contributed by atoms with Crippen molar-refractivity contribution >= 4 is 21.0 Å². The second kappa shape index (κ2) is 12.8. The first-order valence-electron chi connectivity index (χ1n) is 13.9.